The molecule has 2 N–H and O–H groups in total. The van der Waals surface area contributed by atoms with Gasteiger partial charge >= 0.3 is 5.69 Å². The molecule has 0 spiro atoms. The average molecular weight is 228 g/mol. The topological polar surface area (TPSA) is 110 Å². The summed E-state index contributed by atoms with van der Waals surface area (Å²) >= 11 is 1.03. The Morgan fingerprint density at radius 2 is 1.87 bits per heavy atom. The van der Waals surface area contributed by atoms with E-state index in [4.69, 9.17) is 0 Å². The first-order valence-corrected chi connectivity index (χ1v) is 4.56. The fourth-order valence-corrected chi connectivity index (χ4v) is 1.82. The first-order chi connectivity index (χ1) is 7.09. The van der Waals surface area contributed by atoms with Gasteiger partial charge in [-0.1, -0.05) is 0 Å². The van der Waals surface area contributed by atoms with Crippen LogP contribution in [0, 0.1) is 20.2 Å². The molecule has 0 aliphatic carbocycles. The number of rotatable bonds is 2. The summed E-state index contributed by atoms with van der Waals surface area (Å²) < 4.78 is 5.34. The van der Waals surface area contributed by atoms with Crippen LogP contribution in [-0.2, 0) is 0 Å². The molecule has 1 aromatic rings. The lowest BCUT2D eigenvalue weighted by molar-refractivity contribution is -0.393. The van der Waals surface area contributed by atoms with Crippen molar-refractivity contribution in [3.8, 4) is 0 Å². The molecule has 0 unspecified atom stereocenters. The molecule has 1 aromatic carbocycles. The van der Waals surface area contributed by atoms with Gasteiger partial charge in [-0.15, -0.1) is 0 Å². The molecule has 0 saturated heterocycles. The van der Waals surface area contributed by atoms with Crippen LogP contribution in [-0.4, -0.2) is 9.85 Å². The van der Waals surface area contributed by atoms with E-state index in [-0.39, 0.29) is 17.1 Å². The Bertz CT molecular complexity index is 463. The smallest absolute Gasteiger partial charge is 0.302 e. The Labute approximate surface area is 87.2 Å². The van der Waals surface area contributed by atoms with E-state index in [2.05, 4.69) is 9.44 Å². The zero-order valence-electron chi connectivity index (χ0n) is 7.09. The van der Waals surface area contributed by atoms with Crippen LogP contribution in [0.2, 0.25) is 0 Å². The van der Waals surface area contributed by atoms with Gasteiger partial charge in [0.25, 0.3) is 5.69 Å². The highest BCUT2D eigenvalue weighted by molar-refractivity contribution is 8.02. The molecular formula is C6H4N4O4S. The lowest BCUT2D eigenvalue weighted by Gasteiger charge is -1.99. The fourth-order valence-electron chi connectivity index (χ4n) is 1.18. The number of anilines is 2. The minimum absolute atomic E-state index is 0.260. The highest BCUT2D eigenvalue weighted by atomic mass is 32.2. The number of nitrogens with one attached hydrogen (secondary N) is 2. The molecule has 0 radical (unpaired) electrons. The first-order valence-electron chi connectivity index (χ1n) is 3.74. The lowest BCUT2D eigenvalue weighted by atomic mass is 10.2. The second-order valence-corrected chi connectivity index (χ2v) is 3.32. The van der Waals surface area contributed by atoms with Crippen LogP contribution in [0.3, 0.4) is 0 Å². The van der Waals surface area contributed by atoms with E-state index in [9.17, 15) is 20.2 Å². The summed E-state index contributed by atoms with van der Waals surface area (Å²) in [6.45, 7) is 0. The van der Waals surface area contributed by atoms with Crippen molar-refractivity contribution in [2.45, 2.75) is 0 Å². The van der Waals surface area contributed by atoms with Crippen molar-refractivity contribution in [2.24, 2.45) is 0 Å². The molecule has 0 bridgehead atoms. The summed E-state index contributed by atoms with van der Waals surface area (Å²) in [6.07, 6.45) is 0. The molecule has 8 nitrogen and oxygen atoms in total. The van der Waals surface area contributed by atoms with Crippen LogP contribution in [0.1, 0.15) is 0 Å². The Kier molecular flexibility index (Phi) is 2.08. The number of non-ortho nitro benzene ring substituents is 1. The second kappa shape index (κ2) is 3.28. The van der Waals surface area contributed by atoms with E-state index in [0.717, 1.165) is 18.2 Å². The summed E-state index contributed by atoms with van der Waals surface area (Å²) in [5.41, 5.74) is -0.00884. The molecule has 0 saturated carbocycles. The standard InChI is InChI=1S/C6H4N4O4S/c11-9(12)3-1-4-6(8-15-7-4)5(2-3)10(13)14/h1-2,7-8H. The van der Waals surface area contributed by atoms with E-state index in [0.29, 0.717) is 5.69 Å². The van der Waals surface area contributed by atoms with E-state index in [1.807, 2.05) is 0 Å². The van der Waals surface area contributed by atoms with Crippen molar-refractivity contribution in [3.05, 3.63) is 32.4 Å². The molecule has 1 aliphatic heterocycles. The van der Waals surface area contributed by atoms with Gasteiger partial charge in [-0.3, -0.25) is 20.2 Å². The van der Waals surface area contributed by atoms with E-state index in [1.54, 1.807) is 0 Å². The number of benzene rings is 1. The SMILES string of the molecule is O=[N+]([O-])c1cc2c(c([N+](=O)[O-])c1)NSN2. The van der Waals surface area contributed by atoms with Crippen molar-refractivity contribution in [2.75, 3.05) is 9.44 Å². The van der Waals surface area contributed by atoms with Crippen molar-refractivity contribution < 1.29 is 9.85 Å². The van der Waals surface area contributed by atoms with E-state index < -0.39 is 9.85 Å². The molecule has 0 amide bonds. The van der Waals surface area contributed by atoms with Gasteiger partial charge in [0.2, 0.25) is 0 Å². The van der Waals surface area contributed by atoms with Gasteiger partial charge < -0.3 is 9.44 Å². The van der Waals surface area contributed by atoms with Gasteiger partial charge in [-0.2, -0.15) is 0 Å². The predicted molar refractivity (Wildman–Crippen MR) is 54.6 cm³/mol. The van der Waals surface area contributed by atoms with Crippen molar-refractivity contribution >= 4 is 34.9 Å². The molecule has 0 fully saturated rings. The van der Waals surface area contributed by atoms with Crippen LogP contribution in [0.25, 0.3) is 0 Å². The van der Waals surface area contributed by atoms with Crippen molar-refractivity contribution in [3.63, 3.8) is 0 Å². The van der Waals surface area contributed by atoms with Crippen molar-refractivity contribution in [1.82, 2.24) is 0 Å². The third-order valence-corrected chi connectivity index (χ3v) is 2.45. The van der Waals surface area contributed by atoms with Crippen LogP contribution >= 0.6 is 12.1 Å². The third-order valence-electron chi connectivity index (χ3n) is 1.82. The minimum atomic E-state index is -0.669. The first kappa shape index (κ1) is 9.52. The molecule has 0 aromatic heterocycles. The number of nitrogens with zero attached hydrogens (tertiary/aromatic N) is 2. The van der Waals surface area contributed by atoms with Crippen molar-refractivity contribution in [1.29, 1.82) is 0 Å². The number of fused-ring (bicyclic) bond motifs is 1. The van der Waals surface area contributed by atoms with E-state index >= 15 is 0 Å². The van der Waals surface area contributed by atoms with Gasteiger partial charge in [0, 0.05) is 6.07 Å². The van der Waals surface area contributed by atoms with Gasteiger partial charge in [-0.25, -0.2) is 0 Å². The number of hydrogen-bond acceptors (Lipinski definition) is 7. The highest BCUT2D eigenvalue weighted by Crippen LogP contribution is 2.42. The quantitative estimate of drug-likeness (QED) is 0.451. The summed E-state index contributed by atoms with van der Waals surface area (Å²) in [5, 5.41) is 21.1. The molecule has 0 atom stereocenters. The third kappa shape index (κ3) is 1.52. The largest absolute Gasteiger partial charge is 0.310 e. The molecule has 1 aliphatic rings. The Hall–Kier alpha value is -2.03. The highest BCUT2D eigenvalue weighted by Gasteiger charge is 2.27. The molecule has 15 heavy (non-hydrogen) atoms. The Morgan fingerprint density at radius 3 is 2.47 bits per heavy atom. The number of nitro benzene ring substituents is 2. The predicted octanol–water partition coefficient (Wildman–Crippen LogP) is 1.90. The molecule has 2 rings (SSSR count). The molecule has 1 heterocycles. The Balaban J connectivity index is 2.62. The maximum absolute atomic E-state index is 10.6. The minimum Gasteiger partial charge on any atom is -0.310 e. The van der Waals surface area contributed by atoms with Gasteiger partial charge in [-0.05, 0) is 0 Å². The van der Waals surface area contributed by atoms with Gasteiger partial charge in [0.15, 0.2) is 0 Å². The normalized spacial score (nSPS) is 12.5. The second-order valence-electron chi connectivity index (χ2n) is 2.71. The lowest BCUT2D eigenvalue weighted by Crippen LogP contribution is -1.95. The van der Waals surface area contributed by atoms with Crippen LogP contribution in [0.4, 0.5) is 22.7 Å². The molecular weight excluding hydrogens is 224 g/mol. The fraction of sp³-hybridized carbons (Fsp3) is 0. The maximum atomic E-state index is 10.6. The zero-order valence-corrected chi connectivity index (χ0v) is 7.91. The summed E-state index contributed by atoms with van der Waals surface area (Å²) in [7, 11) is 0. The average Bonchev–Trinajstić information content (AvgIpc) is 2.62. The summed E-state index contributed by atoms with van der Waals surface area (Å²) in [5.74, 6) is 0. The van der Waals surface area contributed by atoms with E-state index in [1.165, 1.54) is 6.07 Å². The van der Waals surface area contributed by atoms with Crippen LogP contribution in [0.5, 0.6) is 0 Å². The number of hydrogen-bond donors (Lipinski definition) is 2. The van der Waals surface area contributed by atoms with Crippen LogP contribution < -0.4 is 9.44 Å². The van der Waals surface area contributed by atoms with Gasteiger partial charge in [0.05, 0.1) is 33.7 Å². The molecule has 9 heteroatoms. The molecule has 78 valence electrons. The number of nitro groups is 2. The van der Waals surface area contributed by atoms with Crippen LogP contribution in [0.15, 0.2) is 12.1 Å². The summed E-state index contributed by atoms with van der Waals surface area (Å²) in [6, 6.07) is 2.18. The maximum Gasteiger partial charge on any atom is 0.302 e. The summed E-state index contributed by atoms with van der Waals surface area (Å²) in [4.78, 5) is 19.8. The monoisotopic (exact) mass is 228 g/mol. The zero-order chi connectivity index (χ0) is 11.0. The van der Waals surface area contributed by atoms with Gasteiger partial charge in [0.1, 0.15) is 5.69 Å². The Morgan fingerprint density at radius 1 is 1.13 bits per heavy atom.